The van der Waals surface area contributed by atoms with Crippen molar-refractivity contribution in [3.05, 3.63) is 0 Å². The van der Waals surface area contributed by atoms with Crippen molar-refractivity contribution in [3.63, 3.8) is 0 Å². The number of likely N-dealkylation sites (N-methyl/N-ethyl adjacent to an activating group) is 1. The van der Waals surface area contributed by atoms with Gasteiger partial charge in [0.2, 0.25) is 0 Å². The molecule has 0 aliphatic carbocycles. The predicted molar refractivity (Wildman–Crippen MR) is 67.8 cm³/mol. The van der Waals surface area contributed by atoms with Crippen LogP contribution in [0.15, 0.2) is 0 Å². The first-order valence-electron chi connectivity index (χ1n) is 6.53. The highest BCUT2D eigenvalue weighted by Gasteiger charge is 2.42. The standard InChI is InChI=1S/C12H21N3O4/c1-13(2)8-3-4-14(6-8)12(19)15-7-9(16)5-10(15)11(17)18/h8-10,16H,3-7H2,1-2H3,(H,17,18). The second-order valence-corrected chi connectivity index (χ2v) is 5.53. The minimum absolute atomic E-state index is 0.110. The number of likely N-dealkylation sites (tertiary alicyclic amines) is 2. The number of rotatable bonds is 2. The van der Waals surface area contributed by atoms with E-state index < -0.39 is 18.1 Å². The van der Waals surface area contributed by atoms with Crippen LogP contribution in [0.3, 0.4) is 0 Å². The Kier molecular flexibility index (Phi) is 3.96. The van der Waals surface area contributed by atoms with E-state index in [0.29, 0.717) is 19.1 Å². The average molecular weight is 271 g/mol. The molecule has 2 N–H and O–H groups in total. The van der Waals surface area contributed by atoms with E-state index in [1.54, 1.807) is 4.90 Å². The summed E-state index contributed by atoms with van der Waals surface area (Å²) >= 11 is 0. The van der Waals surface area contributed by atoms with E-state index in [1.165, 1.54) is 4.90 Å². The quantitative estimate of drug-likeness (QED) is 0.691. The summed E-state index contributed by atoms with van der Waals surface area (Å²) in [7, 11) is 3.94. The van der Waals surface area contributed by atoms with Gasteiger partial charge in [0.1, 0.15) is 6.04 Å². The number of β-amino-alcohol motifs (C(OH)–C–C–N with tert-alkyl or cyclic N) is 1. The number of aliphatic hydroxyl groups excluding tert-OH is 1. The van der Waals surface area contributed by atoms with Crippen molar-refractivity contribution in [3.8, 4) is 0 Å². The molecule has 0 aromatic rings. The van der Waals surface area contributed by atoms with Crippen molar-refractivity contribution in [2.24, 2.45) is 0 Å². The predicted octanol–water partition coefficient (Wildman–Crippen LogP) is -0.738. The van der Waals surface area contributed by atoms with Crippen LogP contribution in [-0.4, -0.2) is 88.8 Å². The van der Waals surface area contributed by atoms with Crippen LogP contribution < -0.4 is 0 Å². The van der Waals surface area contributed by atoms with Crippen LogP contribution in [0.1, 0.15) is 12.8 Å². The molecule has 2 amide bonds. The van der Waals surface area contributed by atoms with Crippen molar-refractivity contribution in [2.75, 3.05) is 33.7 Å². The largest absolute Gasteiger partial charge is 0.480 e. The highest BCUT2D eigenvalue weighted by Crippen LogP contribution is 2.22. The van der Waals surface area contributed by atoms with Crippen LogP contribution in [0.5, 0.6) is 0 Å². The number of carbonyl (C=O) groups is 2. The first-order valence-corrected chi connectivity index (χ1v) is 6.53. The fourth-order valence-electron chi connectivity index (χ4n) is 2.78. The number of carbonyl (C=O) groups excluding carboxylic acids is 1. The Balaban J connectivity index is 2.01. The molecular weight excluding hydrogens is 250 g/mol. The van der Waals surface area contributed by atoms with Gasteiger partial charge in [-0.3, -0.25) is 0 Å². The van der Waals surface area contributed by atoms with Gasteiger partial charge in [0, 0.05) is 32.1 Å². The third-order valence-electron chi connectivity index (χ3n) is 3.97. The number of hydrogen-bond donors (Lipinski definition) is 2. The van der Waals surface area contributed by atoms with Crippen molar-refractivity contribution < 1.29 is 19.8 Å². The zero-order valence-corrected chi connectivity index (χ0v) is 11.3. The molecule has 3 unspecified atom stereocenters. The summed E-state index contributed by atoms with van der Waals surface area (Å²) in [5.41, 5.74) is 0. The van der Waals surface area contributed by atoms with Crippen molar-refractivity contribution in [1.29, 1.82) is 0 Å². The highest BCUT2D eigenvalue weighted by molar-refractivity contribution is 5.83. The van der Waals surface area contributed by atoms with Crippen LogP contribution in [0.4, 0.5) is 4.79 Å². The summed E-state index contributed by atoms with van der Waals surface area (Å²) in [5, 5.41) is 18.7. The van der Waals surface area contributed by atoms with E-state index in [9.17, 15) is 14.7 Å². The van der Waals surface area contributed by atoms with E-state index in [1.807, 2.05) is 14.1 Å². The molecule has 0 bridgehead atoms. The minimum atomic E-state index is -1.05. The second-order valence-electron chi connectivity index (χ2n) is 5.53. The minimum Gasteiger partial charge on any atom is -0.480 e. The molecule has 0 spiro atoms. The molecule has 0 aromatic heterocycles. The molecule has 0 radical (unpaired) electrons. The number of hydrogen-bond acceptors (Lipinski definition) is 4. The third-order valence-corrected chi connectivity index (χ3v) is 3.97. The van der Waals surface area contributed by atoms with Crippen LogP contribution in [0.25, 0.3) is 0 Å². The van der Waals surface area contributed by atoms with E-state index in [2.05, 4.69) is 4.90 Å². The van der Waals surface area contributed by atoms with Gasteiger partial charge in [-0.1, -0.05) is 0 Å². The number of carboxylic acid groups (broad SMARTS) is 1. The van der Waals surface area contributed by atoms with E-state index in [4.69, 9.17) is 5.11 Å². The Bertz CT molecular complexity index is 374. The number of carboxylic acids is 1. The summed E-state index contributed by atoms with van der Waals surface area (Å²) in [6.07, 6.45) is 0.274. The maximum absolute atomic E-state index is 12.3. The van der Waals surface area contributed by atoms with Gasteiger partial charge >= 0.3 is 12.0 Å². The van der Waals surface area contributed by atoms with Gasteiger partial charge in [-0.2, -0.15) is 0 Å². The lowest BCUT2D eigenvalue weighted by Crippen LogP contribution is -2.48. The Morgan fingerprint density at radius 1 is 1.26 bits per heavy atom. The summed E-state index contributed by atoms with van der Waals surface area (Å²) in [6, 6.07) is -0.853. The molecule has 3 atom stereocenters. The molecule has 108 valence electrons. The topological polar surface area (TPSA) is 84.3 Å². The summed E-state index contributed by atoms with van der Waals surface area (Å²) in [5.74, 6) is -1.05. The van der Waals surface area contributed by atoms with Crippen molar-refractivity contribution in [2.45, 2.75) is 31.0 Å². The fourth-order valence-corrected chi connectivity index (χ4v) is 2.78. The van der Waals surface area contributed by atoms with Gasteiger partial charge in [-0.05, 0) is 20.5 Å². The zero-order chi connectivity index (χ0) is 14.2. The second kappa shape index (κ2) is 5.34. The molecule has 19 heavy (non-hydrogen) atoms. The Morgan fingerprint density at radius 3 is 2.47 bits per heavy atom. The lowest BCUT2D eigenvalue weighted by Gasteiger charge is -2.28. The zero-order valence-electron chi connectivity index (χ0n) is 11.3. The molecule has 2 rings (SSSR count). The Labute approximate surface area is 112 Å². The summed E-state index contributed by atoms with van der Waals surface area (Å²) < 4.78 is 0. The lowest BCUT2D eigenvalue weighted by molar-refractivity contribution is -0.141. The Morgan fingerprint density at radius 2 is 1.95 bits per heavy atom. The van der Waals surface area contributed by atoms with E-state index in [-0.39, 0.29) is 19.0 Å². The van der Waals surface area contributed by atoms with Crippen LogP contribution >= 0.6 is 0 Å². The monoisotopic (exact) mass is 271 g/mol. The molecule has 0 aromatic carbocycles. The lowest BCUT2D eigenvalue weighted by atomic mass is 10.2. The molecule has 7 nitrogen and oxygen atoms in total. The first kappa shape index (κ1) is 14.1. The van der Waals surface area contributed by atoms with Gasteiger partial charge in [-0.25, -0.2) is 9.59 Å². The number of urea groups is 1. The molecule has 2 fully saturated rings. The highest BCUT2D eigenvalue weighted by atomic mass is 16.4. The van der Waals surface area contributed by atoms with Crippen molar-refractivity contribution in [1.82, 2.24) is 14.7 Å². The molecule has 0 saturated carbocycles. The van der Waals surface area contributed by atoms with E-state index in [0.717, 1.165) is 6.42 Å². The number of amides is 2. The number of aliphatic hydroxyl groups is 1. The fraction of sp³-hybridized carbons (Fsp3) is 0.833. The molecule has 2 saturated heterocycles. The van der Waals surface area contributed by atoms with Gasteiger partial charge in [0.15, 0.2) is 0 Å². The smallest absolute Gasteiger partial charge is 0.326 e. The van der Waals surface area contributed by atoms with Crippen LogP contribution in [0, 0.1) is 0 Å². The maximum atomic E-state index is 12.3. The van der Waals surface area contributed by atoms with Crippen molar-refractivity contribution >= 4 is 12.0 Å². The van der Waals surface area contributed by atoms with E-state index >= 15 is 0 Å². The summed E-state index contributed by atoms with van der Waals surface area (Å²) in [6.45, 7) is 1.37. The number of nitrogens with zero attached hydrogens (tertiary/aromatic N) is 3. The van der Waals surface area contributed by atoms with Crippen LogP contribution in [0.2, 0.25) is 0 Å². The molecule has 2 aliphatic heterocycles. The average Bonchev–Trinajstić information content (AvgIpc) is 2.94. The maximum Gasteiger partial charge on any atom is 0.326 e. The summed E-state index contributed by atoms with van der Waals surface area (Å²) in [4.78, 5) is 28.5. The Hall–Kier alpha value is -1.34. The van der Waals surface area contributed by atoms with Gasteiger partial charge in [-0.15, -0.1) is 0 Å². The third kappa shape index (κ3) is 2.82. The SMILES string of the molecule is CN(C)C1CCN(C(=O)N2CC(O)CC2C(=O)O)C1. The van der Waals surface area contributed by atoms with Gasteiger partial charge < -0.3 is 24.9 Å². The van der Waals surface area contributed by atoms with Gasteiger partial charge in [0.05, 0.1) is 6.10 Å². The molecule has 2 heterocycles. The normalized spacial score (nSPS) is 31.3. The molecule has 7 heteroatoms. The molecular formula is C12H21N3O4. The number of aliphatic carboxylic acids is 1. The van der Waals surface area contributed by atoms with Gasteiger partial charge in [0.25, 0.3) is 0 Å². The molecule has 2 aliphatic rings. The van der Waals surface area contributed by atoms with Crippen LogP contribution in [-0.2, 0) is 4.79 Å². The first-order chi connectivity index (χ1) is 8.90.